The molecule has 0 radical (unpaired) electrons. The molecular weight excluding hydrogens is 387 g/mol. The Labute approximate surface area is 208 Å². The largest absolute Gasteiger partial charge is 1.00 e. The topological polar surface area (TPSA) is 95.4 Å². The minimum absolute atomic E-state index is 0. The number of hydrogen-bond donors (Lipinski definition) is 2. The van der Waals surface area contributed by atoms with Gasteiger partial charge in [-0.2, -0.15) is 0 Å². The van der Waals surface area contributed by atoms with Gasteiger partial charge in [-0.3, -0.25) is 4.79 Å². The molecule has 0 saturated heterocycles. The Hall–Kier alpha value is -0.200. The predicted octanol–water partition coefficient (Wildman–Crippen LogP) is 2.67. The number of allylic oxidation sites excluding steroid dienone is 2. The van der Waals surface area contributed by atoms with Crippen LogP contribution in [0.5, 0.6) is 0 Å². The number of carbonyl (C=O) groups is 2. The summed E-state index contributed by atoms with van der Waals surface area (Å²) in [5, 5.41) is 0. The molecule has 1 atom stereocenters. The maximum atomic E-state index is 11.7. The van der Waals surface area contributed by atoms with E-state index in [-0.39, 0.29) is 31.0 Å². The van der Waals surface area contributed by atoms with Crippen LogP contribution in [-0.2, 0) is 14.3 Å². The minimum Gasteiger partial charge on any atom is -1.00 e. The van der Waals surface area contributed by atoms with E-state index >= 15 is 0 Å². The van der Waals surface area contributed by atoms with Crippen LogP contribution < -0.4 is 41.0 Å². The van der Waals surface area contributed by atoms with Gasteiger partial charge in [0, 0.05) is 6.42 Å². The van der Waals surface area contributed by atoms with Gasteiger partial charge in [0.1, 0.15) is 6.04 Å². The smallest absolute Gasteiger partial charge is 1.00 e. The number of rotatable bonds is 20. The Morgan fingerprint density at radius 2 is 1.37 bits per heavy atom. The van der Waals surface area contributed by atoms with Crippen molar-refractivity contribution in [2.45, 2.75) is 122 Å². The van der Waals surface area contributed by atoms with Crippen molar-refractivity contribution < 1.29 is 45.3 Å². The van der Waals surface area contributed by atoms with E-state index in [0.717, 1.165) is 38.5 Å². The van der Waals surface area contributed by atoms with Crippen molar-refractivity contribution in [2.24, 2.45) is 11.5 Å². The van der Waals surface area contributed by atoms with Gasteiger partial charge in [0.2, 0.25) is 0 Å². The van der Waals surface area contributed by atoms with Crippen molar-refractivity contribution in [3.63, 3.8) is 0 Å². The van der Waals surface area contributed by atoms with Gasteiger partial charge in [0.15, 0.2) is 0 Å². The van der Waals surface area contributed by atoms with Gasteiger partial charge in [0.25, 0.3) is 0 Å². The Morgan fingerprint density at radius 1 is 0.833 bits per heavy atom. The fourth-order valence-corrected chi connectivity index (χ4v) is 3.21. The van der Waals surface area contributed by atoms with E-state index in [0.29, 0.717) is 19.4 Å². The number of nitrogens with two attached hydrogens (primary N) is 2. The van der Waals surface area contributed by atoms with Crippen LogP contribution in [0.4, 0.5) is 0 Å². The van der Waals surface area contributed by atoms with Gasteiger partial charge in [0.05, 0.1) is 0 Å². The summed E-state index contributed by atoms with van der Waals surface area (Å²) in [5.41, 5.74) is 11.1. The number of ether oxygens (including phenoxy) is 1. The maximum absolute atomic E-state index is 11.7. The summed E-state index contributed by atoms with van der Waals surface area (Å²) in [7, 11) is 0. The van der Waals surface area contributed by atoms with Crippen LogP contribution >= 0.6 is 0 Å². The molecule has 0 aromatic carbocycles. The molecule has 0 fully saturated rings. The molecule has 172 valence electrons. The second-order valence-electron chi connectivity index (χ2n) is 8.02. The van der Waals surface area contributed by atoms with Gasteiger partial charge < -0.3 is 17.6 Å². The quantitative estimate of drug-likeness (QED) is 0.101. The second-order valence-corrected chi connectivity index (χ2v) is 8.02. The van der Waals surface area contributed by atoms with Crippen molar-refractivity contribution in [1.82, 2.24) is 0 Å². The van der Waals surface area contributed by atoms with Gasteiger partial charge in [-0.05, 0) is 51.5 Å². The van der Waals surface area contributed by atoms with Crippen LogP contribution in [0.2, 0.25) is 0 Å². The van der Waals surface area contributed by atoms with E-state index in [4.69, 9.17) is 16.2 Å². The van der Waals surface area contributed by atoms with Gasteiger partial charge in [-0.15, -0.1) is 0 Å². The van der Waals surface area contributed by atoms with Crippen LogP contribution in [0.1, 0.15) is 118 Å². The van der Waals surface area contributed by atoms with E-state index in [1.807, 2.05) is 0 Å². The van der Waals surface area contributed by atoms with Crippen molar-refractivity contribution in [3.05, 3.63) is 12.2 Å². The standard InChI is InChI=1S/C24H46N2O3.Na.H/c1-2-3-4-5-6-7-8-9-10-11-12-13-14-15-16-20-23(27)29-24(28)22(26)19-17-18-21-25;;/h9-10,22H,2-8,11-21,25-26H2,1H3;;/q;+1;-1/b10-9-;;. The molecule has 0 heterocycles. The molecule has 6 heteroatoms. The van der Waals surface area contributed by atoms with E-state index in [1.165, 1.54) is 57.8 Å². The molecule has 0 rings (SSSR count). The second kappa shape index (κ2) is 25.1. The molecule has 30 heavy (non-hydrogen) atoms. The third-order valence-corrected chi connectivity index (χ3v) is 5.13. The van der Waals surface area contributed by atoms with E-state index < -0.39 is 18.0 Å². The molecule has 5 nitrogen and oxygen atoms in total. The summed E-state index contributed by atoms with van der Waals surface area (Å²) in [4.78, 5) is 23.4. The molecule has 0 aliphatic rings. The third kappa shape index (κ3) is 22.5. The van der Waals surface area contributed by atoms with Crippen LogP contribution in [-0.4, -0.2) is 24.5 Å². The number of unbranched alkanes of at least 4 members (excludes halogenated alkanes) is 12. The van der Waals surface area contributed by atoms with Crippen LogP contribution in [0.25, 0.3) is 0 Å². The zero-order valence-corrected chi connectivity index (χ0v) is 21.8. The minimum atomic E-state index is -0.723. The molecule has 0 aromatic rings. The first-order chi connectivity index (χ1) is 14.1. The summed E-state index contributed by atoms with van der Waals surface area (Å²) in [6.07, 6.45) is 22.8. The van der Waals surface area contributed by atoms with Crippen molar-refractivity contribution >= 4 is 11.9 Å². The first kappa shape index (κ1) is 32.0. The van der Waals surface area contributed by atoms with Crippen LogP contribution in [0.3, 0.4) is 0 Å². The average Bonchev–Trinajstić information content (AvgIpc) is 2.70. The Morgan fingerprint density at radius 3 is 1.93 bits per heavy atom. The normalized spacial score (nSPS) is 12.0. The fraction of sp³-hybridized carbons (Fsp3) is 0.833. The van der Waals surface area contributed by atoms with Crippen molar-refractivity contribution in [2.75, 3.05) is 6.54 Å². The molecule has 0 amide bonds. The summed E-state index contributed by atoms with van der Waals surface area (Å²) in [6, 6.07) is -0.723. The zero-order chi connectivity index (χ0) is 21.6. The number of esters is 2. The van der Waals surface area contributed by atoms with Gasteiger partial charge in [-0.25, -0.2) is 4.79 Å². The molecule has 1 unspecified atom stereocenters. The Kier molecular flexibility index (Phi) is 26.7. The van der Waals surface area contributed by atoms with Crippen molar-refractivity contribution in [3.8, 4) is 0 Å². The Balaban J connectivity index is -0.00000392. The first-order valence-corrected chi connectivity index (χ1v) is 12.0. The van der Waals surface area contributed by atoms with Gasteiger partial charge in [-0.1, -0.05) is 76.9 Å². The molecule has 0 aliphatic heterocycles. The summed E-state index contributed by atoms with van der Waals surface area (Å²) < 4.78 is 4.82. The molecule has 0 aliphatic carbocycles. The van der Waals surface area contributed by atoms with E-state index in [1.54, 1.807) is 0 Å². The third-order valence-electron chi connectivity index (χ3n) is 5.13. The maximum Gasteiger partial charge on any atom is 1.00 e. The monoisotopic (exact) mass is 434 g/mol. The van der Waals surface area contributed by atoms with Crippen molar-refractivity contribution in [1.29, 1.82) is 0 Å². The molecule has 0 saturated carbocycles. The van der Waals surface area contributed by atoms with Gasteiger partial charge >= 0.3 is 41.5 Å². The predicted molar refractivity (Wildman–Crippen MR) is 123 cm³/mol. The summed E-state index contributed by atoms with van der Waals surface area (Å²) >= 11 is 0. The average molecular weight is 435 g/mol. The SMILES string of the molecule is CCCCCCCC/C=C\CCCCCCCC(=O)OC(=O)C(N)CCCCN.[H-].[Na+]. The Bertz CT molecular complexity index is 437. The molecular formula is C24H47N2NaO3. The first-order valence-electron chi connectivity index (χ1n) is 12.0. The molecule has 0 aromatic heterocycles. The molecule has 4 N–H and O–H groups in total. The number of hydrogen-bond acceptors (Lipinski definition) is 5. The van der Waals surface area contributed by atoms with Crippen LogP contribution in [0.15, 0.2) is 12.2 Å². The summed E-state index contributed by atoms with van der Waals surface area (Å²) in [6.45, 7) is 2.83. The van der Waals surface area contributed by atoms with E-state index in [9.17, 15) is 9.59 Å². The molecule has 0 bridgehead atoms. The van der Waals surface area contributed by atoms with Crippen LogP contribution in [0, 0.1) is 0 Å². The van der Waals surface area contributed by atoms with E-state index in [2.05, 4.69) is 19.1 Å². The zero-order valence-electron chi connectivity index (χ0n) is 20.8. The molecule has 0 spiro atoms. The number of carbonyl (C=O) groups excluding carboxylic acids is 2. The fourth-order valence-electron chi connectivity index (χ4n) is 3.21. The summed E-state index contributed by atoms with van der Waals surface area (Å²) in [5.74, 6) is -1.07.